The second kappa shape index (κ2) is 4.46. The Morgan fingerprint density at radius 1 is 1.47 bits per heavy atom. The van der Waals surface area contributed by atoms with Gasteiger partial charge < -0.3 is 15.2 Å². The number of nitrogens with zero attached hydrogens (tertiary/aromatic N) is 1. The molecule has 5 heteroatoms. The van der Waals surface area contributed by atoms with Crippen molar-refractivity contribution in [2.24, 2.45) is 0 Å². The first-order valence-corrected chi connectivity index (χ1v) is 6.28. The Morgan fingerprint density at radius 3 is 2.76 bits per heavy atom. The highest BCUT2D eigenvalue weighted by Gasteiger charge is 2.45. The van der Waals surface area contributed by atoms with E-state index in [2.05, 4.69) is 5.32 Å². The molecule has 2 N–H and O–H groups in total. The largest absolute Gasteiger partial charge is 0.444 e. The Bertz CT molecular complexity index is 301. The molecule has 2 aliphatic heterocycles. The van der Waals surface area contributed by atoms with Gasteiger partial charge in [-0.15, -0.1) is 0 Å². The molecular formula is C12H22N2O3. The molecule has 98 valence electrons. The van der Waals surface area contributed by atoms with E-state index in [0.717, 1.165) is 19.4 Å². The van der Waals surface area contributed by atoms with Crippen molar-refractivity contribution in [2.45, 2.75) is 57.3 Å². The van der Waals surface area contributed by atoms with Crippen LogP contribution in [-0.4, -0.2) is 53.0 Å². The molecule has 17 heavy (non-hydrogen) atoms. The number of amides is 1. The molecule has 0 radical (unpaired) electrons. The molecule has 1 unspecified atom stereocenters. The van der Waals surface area contributed by atoms with Crippen LogP contribution in [0.4, 0.5) is 4.79 Å². The number of hydrogen-bond donors (Lipinski definition) is 2. The van der Waals surface area contributed by atoms with Gasteiger partial charge in [0.05, 0.1) is 18.7 Å². The molecule has 5 nitrogen and oxygen atoms in total. The van der Waals surface area contributed by atoms with Crippen LogP contribution in [0.15, 0.2) is 0 Å². The van der Waals surface area contributed by atoms with Gasteiger partial charge >= 0.3 is 6.09 Å². The third-order valence-electron chi connectivity index (χ3n) is 3.43. The van der Waals surface area contributed by atoms with E-state index in [1.54, 1.807) is 0 Å². The first-order chi connectivity index (χ1) is 7.92. The zero-order valence-electron chi connectivity index (χ0n) is 10.8. The lowest BCUT2D eigenvalue weighted by atomic mass is 10.1. The summed E-state index contributed by atoms with van der Waals surface area (Å²) in [6.45, 7) is 6.44. The summed E-state index contributed by atoms with van der Waals surface area (Å²) in [5, 5.41) is 12.6. The third kappa shape index (κ3) is 2.55. The van der Waals surface area contributed by atoms with Crippen LogP contribution < -0.4 is 5.32 Å². The number of nitrogens with one attached hydrogen (secondary N) is 1. The Balaban J connectivity index is 2.07. The van der Waals surface area contributed by atoms with E-state index < -0.39 is 5.60 Å². The van der Waals surface area contributed by atoms with Gasteiger partial charge in [0.1, 0.15) is 5.60 Å². The molecule has 2 fully saturated rings. The van der Waals surface area contributed by atoms with Gasteiger partial charge in [-0.3, -0.25) is 4.90 Å². The van der Waals surface area contributed by atoms with Gasteiger partial charge in [-0.2, -0.15) is 0 Å². The topological polar surface area (TPSA) is 61.8 Å². The minimum absolute atomic E-state index is 0.0127. The van der Waals surface area contributed by atoms with Crippen molar-refractivity contribution in [2.75, 3.05) is 13.2 Å². The van der Waals surface area contributed by atoms with Gasteiger partial charge in [0.25, 0.3) is 0 Å². The Morgan fingerprint density at radius 2 is 2.18 bits per heavy atom. The number of carbonyl (C=O) groups excluding carboxylic acids is 1. The van der Waals surface area contributed by atoms with Gasteiger partial charge in [0.15, 0.2) is 0 Å². The van der Waals surface area contributed by atoms with E-state index >= 15 is 0 Å². The summed E-state index contributed by atoms with van der Waals surface area (Å²) in [4.78, 5) is 14.0. The van der Waals surface area contributed by atoms with E-state index in [4.69, 9.17) is 4.74 Å². The number of rotatable bonds is 1. The SMILES string of the molecule is CC(C)(C)OC(=O)N1[C@@H]2CC[C@H]1C(CO)NC2. The quantitative estimate of drug-likeness (QED) is 0.711. The average molecular weight is 242 g/mol. The van der Waals surface area contributed by atoms with Gasteiger partial charge in [0, 0.05) is 12.6 Å². The molecule has 0 aromatic rings. The van der Waals surface area contributed by atoms with Crippen LogP contribution in [0.1, 0.15) is 33.6 Å². The predicted molar refractivity (Wildman–Crippen MR) is 63.8 cm³/mol. The lowest BCUT2D eigenvalue weighted by Gasteiger charge is -2.40. The van der Waals surface area contributed by atoms with Crippen molar-refractivity contribution < 1.29 is 14.6 Å². The predicted octanol–water partition coefficient (Wildman–Crippen LogP) is 0.719. The van der Waals surface area contributed by atoms with E-state index in [9.17, 15) is 9.90 Å². The highest BCUT2D eigenvalue weighted by molar-refractivity contribution is 5.70. The summed E-state index contributed by atoms with van der Waals surface area (Å²) in [6.07, 6.45) is 1.69. The lowest BCUT2D eigenvalue weighted by molar-refractivity contribution is 0.000412. The second-order valence-corrected chi connectivity index (χ2v) is 5.88. The van der Waals surface area contributed by atoms with Gasteiger partial charge in [0.2, 0.25) is 0 Å². The molecule has 2 aliphatic rings. The van der Waals surface area contributed by atoms with E-state index in [1.807, 2.05) is 25.7 Å². The van der Waals surface area contributed by atoms with Crippen molar-refractivity contribution in [3.63, 3.8) is 0 Å². The summed E-state index contributed by atoms with van der Waals surface area (Å²) < 4.78 is 5.43. The molecule has 0 saturated carbocycles. The number of carbonyl (C=O) groups is 1. The summed E-state index contributed by atoms with van der Waals surface area (Å²) >= 11 is 0. The Hall–Kier alpha value is -0.810. The van der Waals surface area contributed by atoms with Crippen molar-refractivity contribution in [3.05, 3.63) is 0 Å². The van der Waals surface area contributed by atoms with Crippen molar-refractivity contribution in [1.29, 1.82) is 0 Å². The van der Waals surface area contributed by atoms with Crippen LogP contribution >= 0.6 is 0 Å². The molecule has 1 amide bonds. The molecule has 2 bridgehead atoms. The molecule has 3 atom stereocenters. The van der Waals surface area contributed by atoms with Crippen LogP contribution in [0.25, 0.3) is 0 Å². The maximum absolute atomic E-state index is 12.1. The maximum atomic E-state index is 12.1. The highest BCUT2D eigenvalue weighted by atomic mass is 16.6. The summed E-state index contributed by atoms with van der Waals surface area (Å²) in [6, 6.07) is 0.285. The molecule has 0 aromatic carbocycles. The second-order valence-electron chi connectivity index (χ2n) is 5.88. The van der Waals surface area contributed by atoms with E-state index in [0.29, 0.717) is 0 Å². The van der Waals surface area contributed by atoms with Gasteiger partial charge in [-0.25, -0.2) is 4.79 Å². The number of ether oxygens (including phenoxy) is 1. The Kier molecular flexibility index (Phi) is 3.32. The first-order valence-electron chi connectivity index (χ1n) is 6.28. The minimum Gasteiger partial charge on any atom is -0.444 e. The molecule has 2 heterocycles. The Labute approximate surface area is 102 Å². The standard InChI is InChI=1S/C12H22N2O3/c1-12(2,3)17-11(16)14-8-4-5-10(14)9(7-15)13-6-8/h8-10,13,15H,4-7H2,1-3H3/t8-,9?,10+/m1/s1. The number of fused-ring (bicyclic) bond motifs is 2. The number of hydrogen-bond acceptors (Lipinski definition) is 4. The van der Waals surface area contributed by atoms with Crippen molar-refractivity contribution in [3.8, 4) is 0 Å². The van der Waals surface area contributed by atoms with Crippen LogP contribution in [0.2, 0.25) is 0 Å². The highest BCUT2D eigenvalue weighted by Crippen LogP contribution is 2.31. The van der Waals surface area contributed by atoms with Crippen LogP contribution in [0.3, 0.4) is 0 Å². The summed E-state index contributed by atoms with van der Waals surface area (Å²) in [5.74, 6) is 0. The summed E-state index contributed by atoms with van der Waals surface area (Å²) in [7, 11) is 0. The smallest absolute Gasteiger partial charge is 0.410 e. The monoisotopic (exact) mass is 242 g/mol. The maximum Gasteiger partial charge on any atom is 0.410 e. The average Bonchev–Trinajstić information content (AvgIpc) is 2.52. The number of aliphatic hydroxyl groups excluding tert-OH is 1. The van der Waals surface area contributed by atoms with Gasteiger partial charge in [-0.1, -0.05) is 0 Å². The van der Waals surface area contributed by atoms with Crippen molar-refractivity contribution in [1.82, 2.24) is 10.2 Å². The minimum atomic E-state index is -0.462. The number of piperazine rings is 1. The van der Waals surface area contributed by atoms with Crippen LogP contribution in [0, 0.1) is 0 Å². The molecule has 0 aliphatic carbocycles. The zero-order chi connectivity index (χ0) is 12.6. The third-order valence-corrected chi connectivity index (χ3v) is 3.43. The zero-order valence-corrected chi connectivity index (χ0v) is 10.8. The molecule has 2 saturated heterocycles. The van der Waals surface area contributed by atoms with Crippen molar-refractivity contribution >= 4 is 6.09 Å². The fraction of sp³-hybridized carbons (Fsp3) is 0.917. The molecule has 2 rings (SSSR count). The van der Waals surface area contributed by atoms with E-state index in [-0.39, 0.29) is 30.8 Å². The van der Waals surface area contributed by atoms with Crippen LogP contribution in [0.5, 0.6) is 0 Å². The van der Waals surface area contributed by atoms with E-state index in [1.165, 1.54) is 0 Å². The molecular weight excluding hydrogens is 220 g/mol. The fourth-order valence-corrected chi connectivity index (χ4v) is 2.72. The molecule has 0 aromatic heterocycles. The lowest BCUT2D eigenvalue weighted by Crippen LogP contribution is -2.61. The van der Waals surface area contributed by atoms with Gasteiger partial charge in [-0.05, 0) is 33.6 Å². The van der Waals surface area contributed by atoms with Crippen LogP contribution in [-0.2, 0) is 4.74 Å². The first kappa shape index (κ1) is 12.6. The molecule has 0 spiro atoms. The fourth-order valence-electron chi connectivity index (χ4n) is 2.72. The summed E-state index contributed by atoms with van der Waals surface area (Å²) in [5.41, 5.74) is -0.462. The number of aliphatic hydroxyl groups is 1. The normalized spacial score (nSPS) is 32.7.